The van der Waals surface area contributed by atoms with Crippen LogP contribution in [0, 0.1) is 11.8 Å². The molecule has 0 unspecified atom stereocenters. The maximum atomic E-state index is 10.7. The number of aliphatic carboxylic acids is 1. The number of hydrogen-bond donors (Lipinski definition) is 1. The van der Waals surface area contributed by atoms with E-state index in [-0.39, 0.29) is 11.8 Å². The first-order valence-electron chi connectivity index (χ1n) is 5.33. The highest BCUT2D eigenvalue weighted by atomic mass is 16.4. The third-order valence-corrected chi connectivity index (χ3v) is 2.74. The Kier molecular flexibility index (Phi) is 2.50. The van der Waals surface area contributed by atoms with Crippen LogP contribution in [0.15, 0.2) is 12.4 Å². The Morgan fingerprint density at radius 2 is 2.47 bits per heavy atom. The van der Waals surface area contributed by atoms with Gasteiger partial charge in [0.1, 0.15) is 0 Å². The van der Waals surface area contributed by atoms with Gasteiger partial charge in [0.15, 0.2) is 0 Å². The second kappa shape index (κ2) is 3.68. The normalized spacial score (nSPS) is 24.5. The predicted octanol–water partition coefficient (Wildman–Crippen LogP) is 1.73. The molecule has 0 saturated heterocycles. The van der Waals surface area contributed by atoms with Crippen LogP contribution >= 0.6 is 0 Å². The van der Waals surface area contributed by atoms with Gasteiger partial charge in [-0.25, -0.2) is 0 Å². The molecule has 0 amide bonds. The van der Waals surface area contributed by atoms with Crippen molar-refractivity contribution in [2.75, 3.05) is 0 Å². The lowest BCUT2D eigenvalue weighted by Crippen LogP contribution is -2.04. The Morgan fingerprint density at radius 1 is 1.73 bits per heavy atom. The van der Waals surface area contributed by atoms with E-state index in [4.69, 9.17) is 5.11 Å². The fraction of sp³-hybridized carbons (Fsp3) is 0.636. The number of carboxylic acid groups (broad SMARTS) is 1. The molecule has 1 heterocycles. The van der Waals surface area contributed by atoms with E-state index >= 15 is 0 Å². The molecular formula is C11H16N2O2. The summed E-state index contributed by atoms with van der Waals surface area (Å²) >= 11 is 0. The number of hydrogen-bond acceptors (Lipinski definition) is 2. The maximum Gasteiger partial charge on any atom is 0.307 e. The summed E-state index contributed by atoms with van der Waals surface area (Å²) in [6, 6.07) is 0. The van der Waals surface area contributed by atoms with Crippen molar-refractivity contribution < 1.29 is 9.90 Å². The van der Waals surface area contributed by atoms with E-state index in [1.54, 1.807) is 6.20 Å². The van der Waals surface area contributed by atoms with Crippen LogP contribution in [-0.2, 0) is 11.3 Å². The van der Waals surface area contributed by atoms with Gasteiger partial charge in [0, 0.05) is 18.7 Å². The van der Waals surface area contributed by atoms with Crippen LogP contribution in [0.5, 0.6) is 0 Å². The van der Waals surface area contributed by atoms with E-state index in [1.165, 1.54) is 0 Å². The molecule has 1 saturated carbocycles. The van der Waals surface area contributed by atoms with E-state index in [0.29, 0.717) is 5.92 Å². The van der Waals surface area contributed by atoms with Gasteiger partial charge in [0.2, 0.25) is 0 Å². The van der Waals surface area contributed by atoms with Crippen LogP contribution in [0.2, 0.25) is 0 Å². The largest absolute Gasteiger partial charge is 0.481 e. The van der Waals surface area contributed by atoms with E-state index < -0.39 is 5.97 Å². The predicted molar refractivity (Wildman–Crippen MR) is 55.5 cm³/mol. The zero-order chi connectivity index (χ0) is 11.0. The maximum absolute atomic E-state index is 10.7. The molecule has 4 heteroatoms. The van der Waals surface area contributed by atoms with E-state index in [1.807, 2.05) is 10.9 Å². The minimum Gasteiger partial charge on any atom is -0.481 e. The van der Waals surface area contributed by atoms with Gasteiger partial charge in [-0.15, -0.1) is 0 Å². The van der Waals surface area contributed by atoms with E-state index in [9.17, 15) is 4.79 Å². The molecular weight excluding hydrogens is 192 g/mol. The highest BCUT2D eigenvalue weighted by Gasteiger charge is 2.44. The van der Waals surface area contributed by atoms with Gasteiger partial charge in [-0.2, -0.15) is 5.10 Å². The molecule has 1 fully saturated rings. The van der Waals surface area contributed by atoms with Crippen LogP contribution in [0.1, 0.15) is 31.7 Å². The molecule has 0 radical (unpaired) electrons. The van der Waals surface area contributed by atoms with Gasteiger partial charge in [-0.1, -0.05) is 13.8 Å². The first-order valence-corrected chi connectivity index (χ1v) is 5.33. The Labute approximate surface area is 88.9 Å². The Morgan fingerprint density at radius 3 is 3.00 bits per heavy atom. The molecule has 4 nitrogen and oxygen atoms in total. The van der Waals surface area contributed by atoms with E-state index in [0.717, 1.165) is 18.5 Å². The van der Waals surface area contributed by atoms with Crippen LogP contribution in [0.25, 0.3) is 0 Å². The Balaban J connectivity index is 2.00. The van der Waals surface area contributed by atoms with Crippen LogP contribution in [0.4, 0.5) is 0 Å². The third-order valence-electron chi connectivity index (χ3n) is 2.74. The SMILES string of the molecule is CC(C)Cn1cc([C@@H]2C[C@@H]2C(=O)O)cn1. The van der Waals surface area contributed by atoms with Crippen LogP contribution < -0.4 is 0 Å². The number of carbonyl (C=O) groups is 1. The van der Waals surface area contributed by atoms with Gasteiger partial charge in [-0.3, -0.25) is 9.48 Å². The zero-order valence-corrected chi connectivity index (χ0v) is 9.05. The lowest BCUT2D eigenvalue weighted by Gasteiger charge is -2.03. The van der Waals surface area contributed by atoms with E-state index in [2.05, 4.69) is 18.9 Å². The van der Waals surface area contributed by atoms with Crippen LogP contribution in [-0.4, -0.2) is 20.9 Å². The number of carboxylic acids is 1. The summed E-state index contributed by atoms with van der Waals surface area (Å²) in [5, 5.41) is 13.0. The average molecular weight is 208 g/mol. The molecule has 82 valence electrons. The van der Waals surface area contributed by atoms with Crippen molar-refractivity contribution in [1.82, 2.24) is 9.78 Å². The molecule has 0 spiro atoms. The van der Waals surface area contributed by atoms with Crippen molar-refractivity contribution in [2.24, 2.45) is 11.8 Å². The first kappa shape index (κ1) is 10.2. The minimum atomic E-state index is -0.684. The number of rotatable bonds is 4. The molecule has 1 aromatic heterocycles. The molecule has 1 aromatic rings. The minimum absolute atomic E-state index is 0.179. The summed E-state index contributed by atoms with van der Waals surface area (Å²) < 4.78 is 1.90. The number of aromatic nitrogens is 2. The molecule has 0 aromatic carbocycles. The second-order valence-corrected chi connectivity index (χ2v) is 4.68. The third kappa shape index (κ3) is 2.19. The van der Waals surface area contributed by atoms with Crippen molar-refractivity contribution >= 4 is 5.97 Å². The zero-order valence-electron chi connectivity index (χ0n) is 9.05. The number of nitrogens with zero attached hydrogens (tertiary/aromatic N) is 2. The summed E-state index contributed by atoms with van der Waals surface area (Å²) in [7, 11) is 0. The summed E-state index contributed by atoms with van der Waals surface area (Å²) in [5.41, 5.74) is 1.07. The highest BCUT2D eigenvalue weighted by molar-refractivity contribution is 5.75. The summed E-state index contributed by atoms with van der Waals surface area (Å²) in [6.07, 6.45) is 4.55. The quantitative estimate of drug-likeness (QED) is 0.819. The average Bonchev–Trinajstić information content (AvgIpc) is 2.81. The van der Waals surface area contributed by atoms with Gasteiger partial charge < -0.3 is 5.11 Å². The summed E-state index contributed by atoms with van der Waals surface area (Å²) in [6.45, 7) is 5.17. The molecule has 2 atom stereocenters. The molecule has 1 N–H and O–H groups in total. The molecule has 15 heavy (non-hydrogen) atoms. The van der Waals surface area contributed by atoms with Crippen molar-refractivity contribution in [3.63, 3.8) is 0 Å². The standard InChI is InChI=1S/C11H16N2O2/c1-7(2)5-13-6-8(4-12-13)9-3-10(9)11(14)15/h4,6-7,9-10H,3,5H2,1-2H3,(H,14,15)/t9-,10-/m0/s1. The van der Waals surface area contributed by atoms with Crippen LogP contribution in [0.3, 0.4) is 0 Å². The molecule has 0 bridgehead atoms. The molecule has 0 aliphatic heterocycles. The monoisotopic (exact) mass is 208 g/mol. The lowest BCUT2D eigenvalue weighted by molar-refractivity contribution is -0.138. The van der Waals surface area contributed by atoms with Crippen molar-refractivity contribution in [3.8, 4) is 0 Å². The first-order chi connectivity index (χ1) is 7.08. The highest BCUT2D eigenvalue weighted by Crippen LogP contribution is 2.47. The molecule has 2 rings (SSSR count). The summed E-state index contributed by atoms with van der Waals surface area (Å²) in [5.74, 6) is -0.103. The molecule has 1 aliphatic rings. The summed E-state index contributed by atoms with van der Waals surface area (Å²) in [4.78, 5) is 10.7. The fourth-order valence-corrected chi connectivity index (χ4v) is 1.88. The van der Waals surface area contributed by atoms with Gasteiger partial charge in [0.25, 0.3) is 0 Å². The van der Waals surface area contributed by atoms with Gasteiger partial charge >= 0.3 is 5.97 Å². The topological polar surface area (TPSA) is 55.1 Å². The second-order valence-electron chi connectivity index (χ2n) is 4.68. The smallest absolute Gasteiger partial charge is 0.307 e. The van der Waals surface area contributed by atoms with Crippen molar-refractivity contribution in [2.45, 2.75) is 32.7 Å². The lowest BCUT2D eigenvalue weighted by atomic mass is 10.2. The van der Waals surface area contributed by atoms with Gasteiger partial charge in [-0.05, 0) is 17.9 Å². The van der Waals surface area contributed by atoms with Gasteiger partial charge in [0.05, 0.1) is 12.1 Å². The molecule has 1 aliphatic carbocycles. The fourth-order valence-electron chi connectivity index (χ4n) is 1.88. The Hall–Kier alpha value is -1.32. The van der Waals surface area contributed by atoms with Crippen molar-refractivity contribution in [3.05, 3.63) is 18.0 Å². The van der Waals surface area contributed by atoms with Crippen molar-refractivity contribution in [1.29, 1.82) is 0 Å². The Bertz CT molecular complexity index is 370.